The SMILES string of the molecule is CO/N=C(\C(=O)NC1C(=O)N2C(C(=O)OCc3ccc(OC)cc3)=C(C[n+]3cccc4c(NC(=O)OC(C)(C)C)csc43)CS[C@H]12)c1nsc(NC(c2ccccc2)(c2ccccc2)c2ccccc2)n1. The van der Waals surface area contributed by atoms with E-state index in [1.54, 1.807) is 52.1 Å². The molecule has 4 aromatic carbocycles. The number of aromatic nitrogens is 3. The van der Waals surface area contributed by atoms with Crippen molar-refractivity contribution in [2.45, 2.75) is 56.5 Å². The van der Waals surface area contributed by atoms with E-state index >= 15 is 0 Å². The van der Waals surface area contributed by atoms with Crippen LogP contribution in [0, 0.1) is 0 Å². The van der Waals surface area contributed by atoms with E-state index in [2.05, 4.69) is 25.5 Å². The van der Waals surface area contributed by atoms with Crippen LogP contribution < -0.4 is 25.3 Å². The van der Waals surface area contributed by atoms with Crippen LogP contribution in [0.3, 0.4) is 0 Å². The van der Waals surface area contributed by atoms with E-state index in [0.717, 1.165) is 44.0 Å². The van der Waals surface area contributed by atoms with Crippen molar-refractivity contribution in [1.82, 2.24) is 19.6 Å². The van der Waals surface area contributed by atoms with Gasteiger partial charge >= 0.3 is 12.1 Å². The number of hydrogen-bond donors (Lipinski definition) is 3. The lowest BCUT2D eigenvalue weighted by atomic mass is 9.77. The van der Waals surface area contributed by atoms with E-state index < -0.39 is 46.4 Å². The minimum absolute atomic E-state index is 0.0194. The topological polar surface area (TPSA) is 187 Å². The number of hydrogen-bond acceptors (Lipinski definition) is 15. The number of rotatable bonds is 16. The molecule has 2 aliphatic heterocycles. The Kier molecular flexibility index (Phi) is 14.2. The summed E-state index contributed by atoms with van der Waals surface area (Å²) in [7, 11) is 2.87. The van der Waals surface area contributed by atoms with Crippen LogP contribution in [0.25, 0.3) is 10.2 Å². The van der Waals surface area contributed by atoms with E-state index in [0.29, 0.717) is 27.9 Å². The summed E-state index contributed by atoms with van der Waals surface area (Å²) in [5.74, 6) is -1.01. The highest BCUT2D eigenvalue weighted by molar-refractivity contribution is 8.00. The zero-order valence-electron chi connectivity index (χ0n) is 39.3. The summed E-state index contributed by atoms with van der Waals surface area (Å²) in [6, 6.07) is 39.8. The van der Waals surface area contributed by atoms with Crippen LogP contribution >= 0.6 is 34.6 Å². The molecule has 362 valence electrons. The minimum atomic E-state index is -1.05. The van der Waals surface area contributed by atoms with Crippen LogP contribution in [0.1, 0.15) is 48.8 Å². The van der Waals surface area contributed by atoms with Crippen LogP contribution in [-0.4, -0.2) is 80.8 Å². The fraction of sp³-hybridized carbons (Fsp3) is 0.231. The molecule has 0 saturated carbocycles. The molecule has 2 atom stereocenters. The lowest BCUT2D eigenvalue weighted by Gasteiger charge is -2.49. The minimum Gasteiger partial charge on any atom is -0.497 e. The number of fused-ring (bicyclic) bond motifs is 2. The first-order valence-corrected chi connectivity index (χ1v) is 25.1. The lowest BCUT2D eigenvalue weighted by molar-refractivity contribution is -0.661. The van der Waals surface area contributed by atoms with Crippen LogP contribution in [-0.2, 0) is 47.4 Å². The number of benzene rings is 4. The third kappa shape index (κ3) is 10.2. The quantitative estimate of drug-likeness (QED) is 0.0211. The number of methoxy groups -OCH3 is 1. The Bertz CT molecular complexity index is 3040. The molecule has 0 aliphatic carbocycles. The van der Waals surface area contributed by atoms with Crippen LogP contribution in [0.5, 0.6) is 5.75 Å². The molecule has 5 heterocycles. The number of oxime groups is 1. The summed E-state index contributed by atoms with van der Waals surface area (Å²) in [6.07, 6.45) is 1.29. The summed E-state index contributed by atoms with van der Waals surface area (Å²) >= 11 is 3.86. The molecule has 1 fully saturated rings. The normalized spacial score (nSPS) is 15.9. The van der Waals surface area contributed by atoms with Crippen molar-refractivity contribution in [2.24, 2.45) is 5.16 Å². The van der Waals surface area contributed by atoms with Crippen molar-refractivity contribution in [3.63, 3.8) is 0 Å². The molecule has 3 N–H and O–H groups in total. The number of esters is 1. The first kappa shape index (κ1) is 48.4. The monoisotopic (exact) mass is 1010 g/mol. The van der Waals surface area contributed by atoms with Gasteiger partial charge in [0.05, 0.1) is 18.2 Å². The number of carbonyl (C=O) groups excluding carboxylic acids is 4. The molecular weight excluding hydrogens is 961 g/mol. The smallest absolute Gasteiger partial charge is 0.412 e. The Morgan fingerprint density at radius 1 is 0.859 bits per heavy atom. The molecule has 3 aromatic heterocycles. The molecule has 0 radical (unpaired) electrons. The summed E-state index contributed by atoms with van der Waals surface area (Å²) in [4.78, 5) is 67.8. The average Bonchev–Trinajstić information content (AvgIpc) is 4.03. The maximum absolute atomic E-state index is 14.4. The van der Waals surface area contributed by atoms with Gasteiger partial charge in [-0.2, -0.15) is 13.9 Å². The summed E-state index contributed by atoms with van der Waals surface area (Å²) < 4.78 is 23.2. The maximum Gasteiger partial charge on any atom is 0.412 e. The number of nitrogens with one attached hydrogen (secondary N) is 3. The van der Waals surface area contributed by atoms with Gasteiger partial charge in [-0.1, -0.05) is 120 Å². The van der Waals surface area contributed by atoms with Crippen molar-refractivity contribution in [3.05, 3.63) is 178 Å². The molecule has 3 amide bonds. The van der Waals surface area contributed by atoms with Gasteiger partial charge in [0.15, 0.2) is 12.7 Å². The Morgan fingerprint density at radius 2 is 1.51 bits per heavy atom. The first-order valence-electron chi connectivity index (χ1n) is 22.4. The number of β-lactam (4-membered cyclic amide) rings is 1. The second-order valence-corrected chi connectivity index (χ2v) is 20.1. The zero-order valence-corrected chi connectivity index (χ0v) is 41.7. The third-order valence-corrected chi connectivity index (χ3v) is 14.6. The largest absolute Gasteiger partial charge is 0.497 e. The summed E-state index contributed by atoms with van der Waals surface area (Å²) in [6.45, 7) is 5.53. The van der Waals surface area contributed by atoms with Gasteiger partial charge in [-0.05, 0) is 61.2 Å². The maximum atomic E-state index is 14.4. The molecule has 1 saturated heterocycles. The van der Waals surface area contributed by atoms with Gasteiger partial charge in [0.25, 0.3) is 16.6 Å². The van der Waals surface area contributed by atoms with E-state index in [9.17, 15) is 19.2 Å². The van der Waals surface area contributed by atoms with Gasteiger partial charge in [-0.15, -0.1) is 11.8 Å². The van der Waals surface area contributed by atoms with Crippen LogP contribution in [0.15, 0.2) is 155 Å². The first-order chi connectivity index (χ1) is 34.4. The molecule has 16 nitrogen and oxygen atoms in total. The van der Waals surface area contributed by atoms with Crippen molar-refractivity contribution in [2.75, 3.05) is 30.6 Å². The van der Waals surface area contributed by atoms with Gasteiger partial charge < -0.3 is 29.7 Å². The number of ether oxygens (including phenoxy) is 3. The van der Waals surface area contributed by atoms with Gasteiger partial charge in [0, 0.05) is 34.3 Å². The molecule has 9 rings (SSSR count). The predicted octanol–water partition coefficient (Wildman–Crippen LogP) is 8.25. The average molecular weight is 1010 g/mol. The van der Waals surface area contributed by atoms with E-state index in [-0.39, 0.29) is 30.4 Å². The zero-order chi connectivity index (χ0) is 49.7. The summed E-state index contributed by atoms with van der Waals surface area (Å²) in [5.41, 5.74) is 3.00. The van der Waals surface area contributed by atoms with Gasteiger partial charge in [-0.25, -0.2) is 9.59 Å². The number of pyridine rings is 1. The number of anilines is 2. The van der Waals surface area contributed by atoms with Crippen molar-refractivity contribution >= 4 is 85.3 Å². The molecular formula is C52H49N8O8S3+. The second-order valence-electron chi connectivity index (χ2n) is 17.4. The molecule has 19 heteroatoms. The highest BCUT2D eigenvalue weighted by Crippen LogP contribution is 2.43. The van der Waals surface area contributed by atoms with Gasteiger partial charge in [-0.3, -0.25) is 19.8 Å². The fourth-order valence-corrected chi connectivity index (χ4v) is 11.4. The standard InChI is InChI=1S/C52H48N8O8S3/c1-51(2,3)68-50(64)53-39-31-70-46-38(39)22-15-27-59(46)28-33-30-69-47-41(45(62)60(47)42(33)48(63)67-29-32-23-25-37(65-4)26-24-32)54-44(61)40(57-66-5)43-55-49(71-58-43)56-52(34-16-9-6-10-17-34,35-18-11-7-12-19-35)36-20-13-8-14-21-36/h6-27,31,41,47H,28-30H2,1-5H3,(H2-,53,54,55,56,58,61,64)/p+1/b57-40-/t41?,47-/m1/s1. The lowest BCUT2D eigenvalue weighted by Crippen LogP contribution is -2.71. The highest BCUT2D eigenvalue weighted by Gasteiger charge is 2.55. The Hall–Kier alpha value is -7.61. The number of carbonyl (C=O) groups is 4. The molecule has 2 aliphatic rings. The van der Waals surface area contributed by atoms with Crippen LogP contribution in [0.4, 0.5) is 15.6 Å². The molecule has 0 bridgehead atoms. The predicted molar refractivity (Wildman–Crippen MR) is 273 cm³/mol. The Morgan fingerprint density at radius 3 is 2.11 bits per heavy atom. The molecule has 7 aromatic rings. The molecule has 0 spiro atoms. The van der Waals surface area contributed by atoms with Crippen molar-refractivity contribution < 1.29 is 42.8 Å². The highest BCUT2D eigenvalue weighted by atomic mass is 32.2. The fourth-order valence-electron chi connectivity index (χ4n) is 8.42. The van der Waals surface area contributed by atoms with E-state index in [1.165, 1.54) is 35.1 Å². The number of thioether (sulfide) groups is 1. The van der Waals surface area contributed by atoms with E-state index in [1.807, 2.05) is 119 Å². The number of amides is 3. The number of thiophene rings is 1. The van der Waals surface area contributed by atoms with Crippen molar-refractivity contribution in [3.8, 4) is 5.75 Å². The van der Waals surface area contributed by atoms with E-state index in [4.69, 9.17) is 24.0 Å². The summed E-state index contributed by atoms with van der Waals surface area (Å²) in [5, 5.41) is 15.7. The van der Waals surface area contributed by atoms with Crippen molar-refractivity contribution in [1.29, 1.82) is 0 Å². The molecule has 71 heavy (non-hydrogen) atoms. The van der Waals surface area contributed by atoms with Crippen LogP contribution in [0.2, 0.25) is 0 Å². The van der Waals surface area contributed by atoms with Gasteiger partial charge in [0.2, 0.25) is 16.7 Å². The number of nitrogens with zero attached hydrogens (tertiary/aromatic N) is 5. The molecule has 1 unspecified atom stereocenters. The van der Waals surface area contributed by atoms with Gasteiger partial charge in [0.1, 0.15) is 47.7 Å². The second kappa shape index (κ2) is 20.8. The Labute approximate surface area is 421 Å². The third-order valence-electron chi connectivity index (χ3n) is 11.6. The Balaban J connectivity index is 0.976.